The van der Waals surface area contributed by atoms with Crippen LogP contribution in [0.4, 0.5) is 5.69 Å². The van der Waals surface area contributed by atoms with Crippen LogP contribution in [-0.2, 0) is 9.53 Å². The van der Waals surface area contributed by atoms with Gasteiger partial charge in [-0.1, -0.05) is 11.6 Å². The fourth-order valence-corrected chi connectivity index (χ4v) is 2.42. The highest BCUT2D eigenvalue weighted by molar-refractivity contribution is 6.31. The molecular weight excluding hydrogens is 336 g/mol. The van der Waals surface area contributed by atoms with E-state index in [2.05, 4.69) is 10.1 Å². The van der Waals surface area contributed by atoms with Gasteiger partial charge in [-0.25, -0.2) is 0 Å². The predicted molar refractivity (Wildman–Crippen MR) is 85.2 cm³/mol. The van der Waals surface area contributed by atoms with Crippen molar-refractivity contribution in [3.63, 3.8) is 0 Å². The number of hydrazone groups is 1. The molecule has 0 radical (unpaired) electrons. The largest absolute Gasteiger partial charge is 0.446 e. The Morgan fingerprint density at radius 1 is 1.42 bits per heavy atom. The van der Waals surface area contributed by atoms with E-state index >= 15 is 0 Å². The van der Waals surface area contributed by atoms with Gasteiger partial charge >= 0.3 is 0 Å². The van der Waals surface area contributed by atoms with E-state index < -0.39 is 11.2 Å². The number of hydrogen-bond donors (Lipinski definition) is 0. The fourth-order valence-electron chi connectivity index (χ4n) is 2.21. The van der Waals surface area contributed by atoms with Gasteiger partial charge in [0.25, 0.3) is 5.69 Å². The number of hydrogen-bond acceptors (Lipinski definition) is 6. The zero-order valence-corrected chi connectivity index (χ0v) is 13.2. The number of nitro groups is 1. The number of halogens is 1. The first-order valence-corrected chi connectivity index (χ1v) is 7.24. The van der Waals surface area contributed by atoms with Crippen LogP contribution in [0, 0.1) is 10.1 Å². The van der Waals surface area contributed by atoms with Crippen molar-refractivity contribution in [1.29, 1.82) is 0 Å². The second-order valence-corrected chi connectivity index (χ2v) is 5.35. The van der Waals surface area contributed by atoms with Gasteiger partial charge in [0.05, 0.1) is 10.5 Å². The van der Waals surface area contributed by atoms with E-state index in [-0.39, 0.29) is 28.1 Å². The normalized spacial score (nSPS) is 16.5. The molecule has 122 valence electrons. The molecule has 0 N–H and O–H groups in total. The molecule has 24 heavy (non-hydrogen) atoms. The summed E-state index contributed by atoms with van der Waals surface area (Å²) in [5, 5.41) is 16.5. The van der Waals surface area contributed by atoms with Gasteiger partial charge in [-0.15, -0.1) is 5.10 Å². The molecule has 1 aliphatic rings. The first-order valence-electron chi connectivity index (χ1n) is 6.86. The summed E-state index contributed by atoms with van der Waals surface area (Å²) in [5.41, 5.74) is 0.702. The molecular formula is C15H11ClN4O4. The minimum absolute atomic E-state index is 0.156. The lowest BCUT2D eigenvalue weighted by Crippen LogP contribution is -2.25. The molecule has 8 nitrogen and oxygen atoms in total. The van der Waals surface area contributed by atoms with Crippen LogP contribution in [0.5, 0.6) is 0 Å². The van der Waals surface area contributed by atoms with E-state index in [1.54, 1.807) is 18.3 Å². The van der Waals surface area contributed by atoms with Crippen LogP contribution in [0.1, 0.15) is 24.3 Å². The molecule has 0 saturated heterocycles. The lowest BCUT2D eigenvalue weighted by Gasteiger charge is -2.20. The third kappa shape index (κ3) is 2.91. The first-order chi connectivity index (χ1) is 11.5. The molecule has 1 unspecified atom stereocenters. The lowest BCUT2D eigenvalue weighted by atomic mass is 10.1. The second-order valence-electron chi connectivity index (χ2n) is 4.94. The fraction of sp³-hybridized carbons (Fsp3) is 0.133. The molecule has 9 heteroatoms. The third-order valence-corrected chi connectivity index (χ3v) is 3.68. The zero-order valence-electron chi connectivity index (χ0n) is 12.4. The molecule has 0 bridgehead atoms. The van der Waals surface area contributed by atoms with E-state index in [1.165, 1.54) is 31.3 Å². The topological polar surface area (TPSA) is 97.9 Å². The Labute approximate surface area is 141 Å². The Balaban J connectivity index is 2.01. The summed E-state index contributed by atoms with van der Waals surface area (Å²) in [6.45, 7) is 1.32. The molecule has 1 amide bonds. The number of pyridine rings is 1. The molecule has 3 rings (SSSR count). The minimum atomic E-state index is -0.981. The summed E-state index contributed by atoms with van der Waals surface area (Å²) in [6, 6.07) is 7.36. The van der Waals surface area contributed by atoms with Crippen molar-refractivity contribution in [2.75, 3.05) is 0 Å². The first kappa shape index (κ1) is 15.9. The maximum absolute atomic E-state index is 11.9. The summed E-state index contributed by atoms with van der Waals surface area (Å²) >= 11 is 6.14. The number of carbonyl (C=O) groups is 1. The molecule has 1 atom stereocenters. The average Bonchev–Trinajstić information content (AvgIpc) is 3.01. The Bertz CT molecular complexity index is 841. The Hall–Kier alpha value is -3.00. The van der Waals surface area contributed by atoms with Gasteiger partial charge in [-0.2, -0.15) is 5.01 Å². The van der Waals surface area contributed by atoms with Gasteiger partial charge in [0.15, 0.2) is 0 Å². The number of nitrogens with zero attached hydrogens (tertiary/aromatic N) is 4. The quantitative estimate of drug-likeness (QED) is 0.628. The smallest absolute Gasteiger partial charge is 0.270 e. The molecule has 1 aliphatic heterocycles. The molecule has 0 fully saturated rings. The highest BCUT2D eigenvalue weighted by Gasteiger charge is 2.35. The van der Waals surface area contributed by atoms with Crippen molar-refractivity contribution in [2.45, 2.75) is 13.2 Å². The second kappa shape index (κ2) is 6.25. The van der Waals surface area contributed by atoms with E-state index in [0.29, 0.717) is 5.56 Å². The molecule has 0 aliphatic carbocycles. The monoisotopic (exact) mass is 346 g/mol. The summed E-state index contributed by atoms with van der Waals surface area (Å²) < 4.78 is 5.73. The number of carbonyl (C=O) groups excluding carboxylic acids is 1. The summed E-state index contributed by atoms with van der Waals surface area (Å²) in [7, 11) is 0. The van der Waals surface area contributed by atoms with E-state index in [0.717, 1.165) is 5.01 Å². The van der Waals surface area contributed by atoms with Crippen LogP contribution < -0.4 is 0 Å². The van der Waals surface area contributed by atoms with Crippen molar-refractivity contribution < 1.29 is 14.5 Å². The molecule has 1 aromatic carbocycles. The summed E-state index contributed by atoms with van der Waals surface area (Å²) in [4.78, 5) is 26.3. The standard InChI is InChI=1S/C15H11ClN4O4/c1-9(21)19-15(12-7-11(20(22)23)4-5-13(12)16)24-14(18-19)10-3-2-6-17-8-10/h2-8,15H,1H3. The van der Waals surface area contributed by atoms with Gasteiger partial charge in [0.2, 0.25) is 18.0 Å². The molecule has 2 aromatic rings. The van der Waals surface area contributed by atoms with Gasteiger partial charge in [-0.05, 0) is 18.2 Å². The van der Waals surface area contributed by atoms with Gasteiger partial charge in [0.1, 0.15) is 0 Å². The number of aromatic nitrogens is 1. The predicted octanol–water partition coefficient (Wildman–Crippen LogP) is 2.88. The number of nitro benzene ring substituents is 1. The summed E-state index contributed by atoms with van der Waals surface area (Å²) in [5.74, 6) is -0.202. The van der Waals surface area contributed by atoms with E-state index in [4.69, 9.17) is 16.3 Å². The van der Waals surface area contributed by atoms with Crippen LogP contribution in [0.15, 0.2) is 47.8 Å². The minimum Gasteiger partial charge on any atom is -0.446 e. The summed E-state index contributed by atoms with van der Waals surface area (Å²) in [6.07, 6.45) is 2.15. The molecule has 2 heterocycles. The Morgan fingerprint density at radius 3 is 2.83 bits per heavy atom. The highest BCUT2D eigenvalue weighted by Crippen LogP contribution is 2.36. The maximum Gasteiger partial charge on any atom is 0.270 e. The molecule has 1 aromatic heterocycles. The van der Waals surface area contributed by atoms with Crippen molar-refractivity contribution in [2.24, 2.45) is 5.10 Å². The van der Waals surface area contributed by atoms with Gasteiger partial charge < -0.3 is 4.74 Å². The number of benzene rings is 1. The maximum atomic E-state index is 11.9. The number of rotatable bonds is 3. The van der Waals surface area contributed by atoms with Crippen molar-refractivity contribution in [3.05, 3.63) is 69.0 Å². The van der Waals surface area contributed by atoms with E-state index in [1.807, 2.05) is 0 Å². The van der Waals surface area contributed by atoms with Crippen molar-refractivity contribution in [3.8, 4) is 0 Å². The number of amides is 1. The zero-order chi connectivity index (χ0) is 17.3. The number of ether oxygens (including phenoxy) is 1. The SMILES string of the molecule is CC(=O)N1N=C(c2cccnc2)OC1c1cc([N+](=O)[O-])ccc1Cl. The Morgan fingerprint density at radius 2 is 2.21 bits per heavy atom. The molecule has 0 spiro atoms. The lowest BCUT2D eigenvalue weighted by molar-refractivity contribution is -0.385. The Kier molecular flexibility index (Phi) is 4.13. The van der Waals surface area contributed by atoms with Crippen LogP contribution in [0.25, 0.3) is 0 Å². The van der Waals surface area contributed by atoms with Crippen LogP contribution >= 0.6 is 11.6 Å². The number of non-ortho nitro benzene ring substituents is 1. The van der Waals surface area contributed by atoms with Crippen LogP contribution in [-0.4, -0.2) is 26.7 Å². The molecule has 0 saturated carbocycles. The van der Waals surface area contributed by atoms with Crippen molar-refractivity contribution in [1.82, 2.24) is 9.99 Å². The van der Waals surface area contributed by atoms with Crippen LogP contribution in [0.2, 0.25) is 5.02 Å². The highest BCUT2D eigenvalue weighted by atomic mass is 35.5. The van der Waals surface area contributed by atoms with Crippen LogP contribution in [0.3, 0.4) is 0 Å². The van der Waals surface area contributed by atoms with Crippen molar-refractivity contribution >= 4 is 29.1 Å². The van der Waals surface area contributed by atoms with E-state index in [9.17, 15) is 14.9 Å². The van der Waals surface area contributed by atoms with Gasteiger partial charge in [0, 0.05) is 42.0 Å². The third-order valence-electron chi connectivity index (χ3n) is 3.33. The average molecular weight is 347 g/mol. The van der Waals surface area contributed by atoms with Gasteiger partial charge in [-0.3, -0.25) is 19.9 Å².